The van der Waals surface area contributed by atoms with Gasteiger partial charge in [0.15, 0.2) is 0 Å². The van der Waals surface area contributed by atoms with Crippen molar-refractivity contribution in [2.24, 2.45) is 0 Å². The van der Waals surface area contributed by atoms with Crippen LogP contribution in [0.15, 0.2) is 42.6 Å². The lowest BCUT2D eigenvalue weighted by molar-refractivity contribution is 0.621. The van der Waals surface area contributed by atoms with Crippen LogP contribution in [-0.2, 0) is 6.54 Å². The first kappa shape index (κ1) is 12.2. The first-order valence-electron chi connectivity index (χ1n) is 6.07. The van der Waals surface area contributed by atoms with Crippen LogP contribution in [0.3, 0.4) is 0 Å². The van der Waals surface area contributed by atoms with E-state index in [0.717, 1.165) is 16.5 Å². The molecule has 3 rings (SSSR count). The number of rotatable bonds is 2. The summed E-state index contributed by atoms with van der Waals surface area (Å²) >= 11 is 0. The number of anilines is 1. The lowest BCUT2D eigenvalue weighted by Crippen LogP contribution is -2.02. The Morgan fingerprint density at radius 3 is 2.90 bits per heavy atom. The Morgan fingerprint density at radius 1 is 1.25 bits per heavy atom. The molecule has 1 heterocycles. The summed E-state index contributed by atoms with van der Waals surface area (Å²) in [5.74, 6) is -0.509. The molecular weight excluding hydrogens is 255 g/mol. The normalized spacial score (nSPS) is 10.6. The topological polar surface area (TPSA) is 67.6 Å². The quantitative estimate of drug-likeness (QED) is 0.725. The van der Waals surface area contributed by atoms with Crippen molar-refractivity contribution < 1.29 is 4.39 Å². The monoisotopic (exact) mass is 266 g/mol. The molecule has 0 saturated carbocycles. The van der Waals surface area contributed by atoms with Crippen molar-refractivity contribution in [1.29, 1.82) is 5.26 Å². The number of nitrogens with zero attached hydrogens (tertiary/aromatic N) is 3. The van der Waals surface area contributed by atoms with E-state index < -0.39 is 5.82 Å². The molecule has 1 aromatic heterocycles. The number of halogens is 1. The molecule has 0 fully saturated rings. The van der Waals surface area contributed by atoms with Gasteiger partial charge in [-0.2, -0.15) is 10.4 Å². The Labute approximate surface area is 114 Å². The highest BCUT2D eigenvalue weighted by Gasteiger charge is 2.06. The van der Waals surface area contributed by atoms with Gasteiger partial charge in [-0.25, -0.2) is 4.39 Å². The molecule has 0 radical (unpaired) electrons. The Hall–Kier alpha value is -2.87. The van der Waals surface area contributed by atoms with Crippen LogP contribution in [0.5, 0.6) is 0 Å². The predicted octanol–water partition coefficient (Wildman–Crippen LogP) is 2.68. The zero-order valence-corrected chi connectivity index (χ0v) is 10.5. The molecule has 0 aliphatic carbocycles. The molecular formula is C15H11FN4. The summed E-state index contributed by atoms with van der Waals surface area (Å²) in [4.78, 5) is 0. The number of hydrogen-bond donors (Lipinski definition) is 1. The van der Waals surface area contributed by atoms with Crippen molar-refractivity contribution in [2.45, 2.75) is 6.54 Å². The SMILES string of the molecule is N#Cc1cc(Cn2ncc3ccc(N)cc32)ccc1F. The van der Waals surface area contributed by atoms with Crippen molar-refractivity contribution in [2.75, 3.05) is 5.73 Å². The van der Waals surface area contributed by atoms with Crippen molar-refractivity contribution in [3.05, 3.63) is 59.5 Å². The Balaban J connectivity index is 2.01. The van der Waals surface area contributed by atoms with E-state index >= 15 is 0 Å². The predicted molar refractivity (Wildman–Crippen MR) is 74.4 cm³/mol. The highest BCUT2D eigenvalue weighted by atomic mass is 19.1. The van der Waals surface area contributed by atoms with Gasteiger partial charge in [-0.05, 0) is 35.9 Å². The van der Waals surface area contributed by atoms with Crippen LogP contribution < -0.4 is 5.73 Å². The lowest BCUT2D eigenvalue weighted by Gasteiger charge is -2.05. The maximum absolute atomic E-state index is 13.3. The number of nitrogen functional groups attached to an aromatic ring is 1. The smallest absolute Gasteiger partial charge is 0.140 e. The van der Waals surface area contributed by atoms with E-state index in [9.17, 15) is 4.39 Å². The first-order chi connectivity index (χ1) is 9.67. The molecule has 0 aliphatic rings. The minimum absolute atomic E-state index is 0.0403. The van der Waals surface area contributed by atoms with Gasteiger partial charge in [-0.1, -0.05) is 6.07 Å². The average molecular weight is 266 g/mol. The molecule has 5 heteroatoms. The van der Waals surface area contributed by atoms with Crippen LogP contribution in [-0.4, -0.2) is 9.78 Å². The Kier molecular flexibility index (Phi) is 2.84. The fourth-order valence-corrected chi connectivity index (χ4v) is 2.14. The van der Waals surface area contributed by atoms with Crippen LogP contribution >= 0.6 is 0 Å². The van der Waals surface area contributed by atoms with Crippen LogP contribution in [0.25, 0.3) is 10.9 Å². The van der Waals surface area contributed by atoms with Gasteiger partial charge in [0.25, 0.3) is 0 Å². The molecule has 4 nitrogen and oxygen atoms in total. The molecule has 20 heavy (non-hydrogen) atoms. The first-order valence-corrected chi connectivity index (χ1v) is 6.07. The van der Waals surface area contributed by atoms with E-state index in [1.807, 2.05) is 24.3 Å². The molecule has 0 atom stereocenters. The van der Waals surface area contributed by atoms with Gasteiger partial charge < -0.3 is 5.73 Å². The fourth-order valence-electron chi connectivity index (χ4n) is 2.14. The second-order valence-corrected chi connectivity index (χ2v) is 4.55. The third-order valence-electron chi connectivity index (χ3n) is 3.15. The van der Waals surface area contributed by atoms with Crippen molar-refractivity contribution >= 4 is 16.6 Å². The van der Waals surface area contributed by atoms with Gasteiger partial charge >= 0.3 is 0 Å². The Morgan fingerprint density at radius 2 is 2.10 bits per heavy atom. The molecule has 0 spiro atoms. The second kappa shape index (κ2) is 4.67. The minimum atomic E-state index is -0.509. The van der Waals surface area contributed by atoms with Crippen LogP contribution in [0.1, 0.15) is 11.1 Å². The second-order valence-electron chi connectivity index (χ2n) is 4.55. The van der Waals surface area contributed by atoms with E-state index in [1.165, 1.54) is 12.1 Å². The van der Waals surface area contributed by atoms with E-state index in [2.05, 4.69) is 5.10 Å². The van der Waals surface area contributed by atoms with E-state index in [-0.39, 0.29) is 5.56 Å². The molecule has 0 saturated heterocycles. The lowest BCUT2D eigenvalue weighted by atomic mass is 10.1. The maximum atomic E-state index is 13.3. The molecule has 0 bridgehead atoms. The molecule has 0 aliphatic heterocycles. The summed E-state index contributed by atoms with van der Waals surface area (Å²) in [5.41, 5.74) is 8.21. The summed E-state index contributed by atoms with van der Waals surface area (Å²) in [6, 6.07) is 11.9. The molecule has 3 aromatic rings. The van der Waals surface area contributed by atoms with Crippen molar-refractivity contribution in [3.63, 3.8) is 0 Å². The molecule has 2 aromatic carbocycles. The fraction of sp³-hybridized carbons (Fsp3) is 0.0667. The average Bonchev–Trinajstić information content (AvgIpc) is 2.83. The number of benzene rings is 2. The van der Waals surface area contributed by atoms with Gasteiger partial charge in [0.2, 0.25) is 0 Å². The largest absolute Gasteiger partial charge is 0.399 e. The van der Waals surface area contributed by atoms with Crippen molar-refractivity contribution in [1.82, 2.24) is 9.78 Å². The number of aromatic nitrogens is 2. The summed E-state index contributed by atoms with van der Waals surface area (Å²) in [5, 5.41) is 14.1. The molecule has 98 valence electrons. The van der Waals surface area contributed by atoms with Gasteiger partial charge in [-0.3, -0.25) is 4.68 Å². The van der Waals surface area contributed by atoms with Gasteiger partial charge in [0.05, 0.1) is 23.8 Å². The third-order valence-corrected chi connectivity index (χ3v) is 3.15. The Bertz CT molecular complexity index is 829. The number of nitrogens with two attached hydrogens (primary N) is 1. The molecule has 0 amide bonds. The molecule has 2 N–H and O–H groups in total. The highest BCUT2D eigenvalue weighted by Crippen LogP contribution is 2.19. The zero-order chi connectivity index (χ0) is 14.1. The van der Waals surface area contributed by atoms with Crippen molar-refractivity contribution in [3.8, 4) is 6.07 Å². The van der Waals surface area contributed by atoms with E-state index in [0.29, 0.717) is 12.2 Å². The highest BCUT2D eigenvalue weighted by molar-refractivity contribution is 5.81. The number of hydrogen-bond acceptors (Lipinski definition) is 3. The minimum Gasteiger partial charge on any atom is -0.399 e. The van der Waals surface area contributed by atoms with Gasteiger partial charge in [0, 0.05) is 11.1 Å². The van der Waals surface area contributed by atoms with Gasteiger partial charge in [0.1, 0.15) is 11.9 Å². The number of fused-ring (bicyclic) bond motifs is 1. The van der Waals surface area contributed by atoms with Crippen LogP contribution in [0.4, 0.5) is 10.1 Å². The van der Waals surface area contributed by atoms with E-state index in [1.54, 1.807) is 16.9 Å². The summed E-state index contributed by atoms with van der Waals surface area (Å²) < 4.78 is 15.1. The zero-order valence-electron chi connectivity index (χ0n) is 10.5. The summed E-state index contributed by atoms with van der Waals surface area (Å²) in [6.07, 6.45) is 1.75. The molecule has 0 unspecified atom stereocenters. The summed E-state index contributed by atoms with van der Waals surface area (Å²) in [6.45, 7) is 0.460. The number of nitriles is 1. The van der Waals surface area contributed by atoms with Crippen LogP contribution in [0.2, 0.25) is 0 Å². The van der Waals surface area contributed by atoms with Gasteiger partial charge in [-0.15, -0.1) is 0 Å². The van der Waals surface area contributed by atoms with Crippen LogP contribution in [0, 0.1) is 17.1 Å². The summed E-state index contributed by atoms with van der Waals surface area (Å²) in [7, 11) is 0. The third kappa shape index (κ3) is 2.08. The van der Waals surface area contributed by atoms with E-state index in [4.69, 9.17) is 11.0 Å². The standard InChI is InChI=1S/C15H11FN4/c16-14-4-1-10(5-12(14)7-17)9-20-15-6-13(18)3-2-11(15)8-19-20/h1-6,8H,9,18H2. The maximum Gasteiger partial charge on any atom is 0.140 e.